The molecule has 0 aromatic heterocycles. The third-order valence-corrected chi connectivity index (χ3v) is 7.41. The lowest BCUT2D eigenvalue weighted by Gasteiger charge is -2.56. The zero-order valence-electron chi connectivity index (χ0n) is 19.8. The quantitative estimate of drug-likeness (QED) is 0.646. The van der Waals surface area contributed by atoms with Crippen LogP contribution >= 0.6 is 0 Å². The van der Waals surface area contributed by atoms with Gasteiger partial charge in [-0.2, -0.15) is 0 Å². The molecule has 0 spiro atoms. The summed E-state index contributed by atoms with van der Waals surface area (Å²) < 4.78 is 0. The molecule has 0 aromatic carbocycles. The second-order valence-electron chi connectivity index (χ2n) is 11.6. The van der Waals surface area contributed by atoms with Gasteiger partial charge in [-0.1, -0.05) is 41.5 Å². The molecule has 5 heteroatoms. The molecule has 0 saturated heterocycles. The molecule has 3 N–H and O–H groups in total. The maximum Gasteiger partial charge on any atom is 0.223 e. The lowest BCUT2D eigenvalue weighted by Crippen LogP contribution is -2.58. The van der Waals surface area contributed by atoms with Gasteiger partial charge in [0.15, 0.2) is 0 Å². The number of hydrogen-bond donors (Lipinski definition) is 3. The Morgan fingerprint density at radius 1 is 1.14 bits per heavy atom. The Balaban J connectivity index is 2.13. The number of aliphatic hydroxyl groups excluding tert-OH is 1. The SMILES string of the molecule is CC(C)NC(=O)C(C)C1CCC2(C)CCC(NC(=O)CC(C)(C)C)C(C)C2C1O. The minimum atomic E-state index is -0.515. The van der Waals surface area contributed by atoms with Crippen LogP contribution in [0.5, 0.6) is 0 Å². The van der Waals surface area contributed by atoms with E-state index in [4.69, 9.17) is 0 Å². The van der Waals surface area contributed by atoms with Crippen LogP contribution in [0.4, 0.5) is 0 Å². The zero-order chi connectivity index (χ0) is 22.1. The molecule has 2 rings (SSSR count). The van der Waals surface area contributed by atoms with E-state index in [1.165, 1.54) is 0 Å². The van der Waals surface area contributed by atoms with Crippen molar-refractivity contribution < 1.29 is 14.7 Å². The van der Waals surface area contributed by atoms with Crippen molar-refractivity contribution >= 4 is 11.8 Å². The highest BCUT2D eigenvalue weighted by Gasteiger charge is 2.53. The van der Waals surface area contributed by atoms with Gasteiger partial charge in [-0.3, -0.25) is 9.59 Å². The van der Waals surface area contributed by atoms with Crippen molar-refractivity contribution in [3.63, 3.8) is 0 Å². The molecule has 29 heavy (non-hydrogen) atoms. The second kappa shape index (κ2) is 8.95. The molecule has 2 fully saturated rings. The van der Waals surface area contributed by atoms with Crippen molar-refractivity contribution in [1.82, 2.24) is 10.6 Å². The molecule has 0 radical (unpaired) electrons. The first-order valence-corrected chi connectivity index (χ1v) is 11.5. The van der Waals surface area contributed by atoms with E-state index in [2.05, 4.69) is 45.3 Å². The van der Waals surface area contributed by atoms with Gasteiger partial charge in [-0.05, 0) is 68.1 Å². The molecule has 2 amide bonds. The molecule has 168 valence electrons. The minimum Gasteiger partial charge on any atom is -0.392 e. The molecule has 0 aliphatic heterocycles. The largest absolute Gasteiger partial charge is 0.392 e. The summed E-state index contributed by atoms with van der Waals surface area (Å²) in [5, 5.41) is 17.7. The Morgan fingerprint density at radius 2 is 1.72 bits per heavy atom. The number of fused-ring (bicyclic) bond motifs is 1. The average molecular weight is 409 g/mol. The standard InChI is InChI=1S/C24H44N2O3/c1-14(2)25-22(29)15(3)17-9-11-24(8)12-10-18(16(4)20(24)21(17)28)26-19(27)13-23(5,6)7/h14-18,20-21,28H,9-13H2,1-8H3,(H,25,29)(H,26,27). The lowest BCUT2D eigenvalue weighted by atomic mass is 9.51. The van der Waals surface area contributed by atoms with Crippen LogP contribution in [0, 0.1) is 34.5 Å². The Hall–Kier alpha value is -1.10. The first kappa shape index (κ1) is 24.2. The van der Waals surface area contributed by atoms with Crippen LogP contribution < -0.4 is 10.6 Å². The third-order valence-electron chi connectivity index (χ3n) is 7.41. The Labute approximate surface area is 177 Å². The van der Waals surface area contributed by atoms with Crippen LogP contribution in [-0.2, 0) is 9.59 Å². The van der Waals surface area contributed by atoms with Crippen molar-refractivity contribution in [2.75, 3.05) is 0 Å². The Kier molecular flexibility index (Phi) is 7.46. The zero-order valence-corrected chi connectivity index (χ0v) is 19.8. The van der Waals surface area contributed by atoms with E-state index in [0.29, 0.717) is 6.42 Å². The Bertz CT molecular complexity index is 597. The van der Waals surface area contributed by atoms with Crippen LogP contribution in [0.15, 0.2) is 0 Å². The fourth-order valence-electron chi connectivity index (χ4n) is 5.85. The summed E-state index contributed by atoms with van der Waals surface area (Å²) in [6.07, 6.45) is 3.89. The van der Waals surface area contributed by atoms with E-state index in [9.17, 15) is 14.7 Å². The number of carbonyl (C=O) groups is 2. The van der Waals surface area contributed by atoms with Crippen LogP contribution in [0.1, 0.15) is 87.5 Å². The summed E-state index contributed by atoms with van der Waals surface area (Å²) >= 11 is 0. The molecule has 2 aliphatic rings. The number of aliphatic hydroxyl groups is 1. The summed E-state index contributed by atoms with van der Waals surface area (Å²) in [6, 6.07) is 0.197. The number of amides is 2. The van der Waals surface area contributed by atoms with Gasteiger partial charge in [-0.15, -0.1) is 0 Å². The fourth-order valence-corrected chi connectivity index (χ4v) is 5.85. The molecule has 2 aliphatic carbocycles. The van der Waals surface area contributed by atoms with E-state index in [0.717, 1.165) is 25.7 Å². The summed E-state index contributed by atoms with van der Waals surface area (Å²) in [6.45, 7) is 16.6. The number of carbonyl (C=O) groups excluding carboxylic acids is 2. The van der Waals surface area contributed by atoms with E-state index in [1.807, 2.05) is 20.8 Å². The normalized spacial score (nSPS) is 36.3. The van der Waals surface area contributed by atoms with E-state index < -0.39 is 6.10 Å². The number of nitrogens with one attached hydrogen (secondary N) is 2. The van der Waals surface area contributed by atoms with Crippen LogP contribution in [0.2, 0.25) is 0 Å². The molecule has 0 bridgehead atoms. The van der Waals surface area contributed by atoms with Crippen molar-refractivity contribution in [2.24, 2.45) is 34.5 Å². The lowest BCUT2D eigenvalue weighted by molar-refractivity contribution is -0.144. The predicted octanol–water partition coefficient (Wildman–Crippen LogP) is 3.89. The monoisotopic (exact) mass is 408 g/mol. The first-order valence-electron chi connectivity index (χ1n) is 11.5. The van der Waals surface area contributed by atoms with Crippen molar-refractivity contribution in [3.05, 3.63) is 0 Å². The molecule has 2 saturated carbocycles. The van der Waals surface area contributed by atoms with Gasteiger partial charge in [0.05, 0.1) is 6.10 Å². The van der Waals surface area contributed by atoms with Crippen LogP contribution in [0.25, 0.3) is 0 Å². The summed E-state index contributed by atoms with van der Waals surface area (Å²) in [5.74, 6) is 0.189. The first-order chi connectivity index (χ1) is 13.2. The molecule has 0 aromatic rings. The van der Waals surface area contributed by atoms with Crippen molar-refractivity contribution in [2.45, 2.75) is 106 Å². The third kappa shape index (κ3) is 5.74. The molecular formula is C24H44N2O3. The summed E-state index contributed by atoms with van der Waals surface area (Å²) in [4.78, 5) is 25.1. The van der Waals surface area contributed by atoms with Gasteiger partial charge in [0.2, 0.25) is 11.8 Å². The number of rotatable bonds is 5. The topological polar surface area (TPSA) is 78.4 Å². The molecule has 7 atom stereocenters. The van der Waals surface area contributed by atoms with Crippen molar-refractivity contribution in [1.29, 1.82) is 0 Å². The molecule has 0 heterocycles. The minimum absolute atomic E-state index is 0.0294. The van der Waals surface area contributed by atoms with Gasteiger partial charge >= 0.3 is 0 Å². The van der Waals surface area contributed by atoms with E-state index in [1.54, 1.807) is 0 Å². The highest BCUT2D eigenvalue weighted by atomic mass is 16.3. The van der Waals surface area contributed by atoms with Crippen LogP contribution in [0.3, 0.4) is 0 Å². The van der Waals surface area contributed by atoms with Crippen LogP contribution in [-0.4, -0.2) is 35.1 Å². The fraction of sp³-hybridized carbons (Fsp3) is 0.917. The van der Waals surface area contributed by atoms with Gasteiger partial charge in [0, 0.05) is 24.4 Å². The molecular weight excluding hydrogens is 364 g/mol. The average Bonchev–Trinajstić information content (AvgIpc) is 2.55. The highest BCUT2D eigenvalue weighted by Crippen LogP contribution is 2.55. The smallest absolute Gasteiger partial charge is 0.223 e. The maximum atomic E-state index is 12.6. The van der Waals surface area contributed by atoms with Gasteiger partial charge in [0.1, 0.15) is 0 Å². The highest BCUT2D eigenvalue weighted by molar-refractivity contribution is 5.79. The predicted molar refractivity (Wildman–Crippen MR) is 117 cm³/mol. The van der Waals surface area contributed by atoms with Gasteiger partial charge < -0.3 is 15.7 Å². The van der Waals surface area contributed by atoms with Gasteiger partial charge in [0.25, 0.3) is 0 Å². The molecule has 7 unspecified atom stereocenters. The maximum absolute atomic E-state index is 12.6. The van der Waals surface area contributed by atoms with Gasteiger partial charge in [-0.25, -0.2) is 0 Å². The summed E-state index contributed by atoms with van der Waals surface area (Å²) in [5.41, 5.74) is 0.0417. The second-order valence-corrected chi connectivity index (χ2v) is 11.6. The van der Waals surface area contributed by atoms with E-state index >= 15 is 0 Å². The summed E-state index contributed by atoms with van der Waals surface area (Å²) in [7, 11) is 0. The number of hydrogen-bond acceptors (Lipinski definition) is 3. The Morgan fingerprint density at radius 3 is 2.28 bits per heavy atom. The van der Waals surface area contributed by atoms with Crippen molar-refractivity contribution in [3.8, 4) is 0 Å². The molecule has 5 nitrogen and oxygen atoms in total. The van der Waals surface area contributed by atoms with E-state index in [-0.39, 0.29) is 58.4 Å².